The Bertz CT molecular complexity index is 833. The number of likely N-dealkylation sites (tertiary alicyclic amines) is 1. The molecule has 2 aromatic carbocycles. The molecule has 2 aliphatic rings. The maximum atomic E-state index is 12.9. The largest absolute Gasteiger partial charge is 0.478 e. The van der Waals surface area contributed by atoms with Crippen molar-refractivity contribution in [3.8, 4) is 0 Å². The minimum Gasteiger partial charge on any atom is -0.478 e. The van der Waals surface area contributed by atoms with Crippen LogP contribution in [-0.4, -0.2) is 40.2 Å². The molecule has 2 aromatic rings. The van der Waals surface area contributed by atoms with Gasteiger partial charge in [0.1, 0.15) is 0 Å². The molecule has 4 nitrogen and oxygen atoms in total. The van der Waals surface area contributed by atoms with Gasteiger partial charge in [-0.3, -0.25) is 4.79 Å². The first kappa shape index (κ1) is 18.1. The molecule has 27 heavy (non-hydrogen) atoms. The number of aromatic carboxylic acids is 1. The summed E-state index contributed by atoms with van der Waals surface area (Å²) in [6, 6.07) is 15.5. The van der Waals surface area contributed by atoms with Crippen LogP contribution in [0.1, 0.15) is 34.3 Å². The fraction of sp³-hybridized carbons (Fsp3) is 0.364. The number of carbonyl (C=O) groups excluding carboxylic acids is 1. The molecular formula is C22H23NO3S. The Balaban J connectivity index is 1.33. The van der Waals surface area contributed by atoms with Crippen LogP contribution in [0.4, 0.5) is 0 Å². The van der Waals surface area contributed by atoms with Gasteiger partial charge in [-0.05, 0) is 54.9 Å². The summed E-state index contributed by atoms with van der Waals surface area (Å²) >= 11 is 1.69. The van der Waals surface area contributed by atoms with Gasteiger partial charge in [0.25, 0.3) is 0 Å². The van der Waals surface area contributed by atoms with E-state index < -0.39 is 5.97 Å². The second-order valence-electron chi connectivity index (χ2n) is 7.35. The zero-order valence-corrected chi connectivity index (χ0v) is 16.0. The Hall–Kier alpha value is -2.27. The molecule has 1 fully saturated rings. The highest BCUT2D eigenvalue weighted by atomic mass is 32.2. The molecule has 4 rings (SSSR count). The number of thioether (sulfide) groups is 1. The van der Waals surface area contributed by atoms with E-state index in [0.717, 1.165) is 44.3 Å². The van der Waals surface area contributed by atoms with Gasteiger partial charge in [0, 0.05) is 18.0 Å². The zero-order chi connectivity index (χ0) is 18.8. The van der Waals surface area contributed by atoms with E-state index in [9.17, 15) is 14.7 Å². The average molecular weight is 381 g/mol. The normalized spacial score (nSPS) is 19.7. The third kappa shape index (κ3) is 3.88. The Morgan fingerprint density at radius 1 is 1.04 bits per heavy atom. The van der Waals surface area contributed by atoms with Gasteiger partial charge >= 0.3 is 5.97 Å². The second kappa shape index (κ2) is 7.77. The molecule has 0 aromatic heterocycles. The Morgan fingerprint density at radius 3 is 2.48 bits per heavy atom. The van der Waals surface area contributed by atoms with Crippen LogP contribution in [0.15, 0.2) is 53.4 Å². The van der Waals surface area contributed by atoms with Gasteiger partial charge in [0.15, 0.2) is 0 Å². The summed E-state index contributed by atoms with van der Waals surface area (Å²) in [5.41, 5.74) is 2.58. The quantitative estimate of drug-likeness (QED) is 0.873. The highest BCUT2D eigenvalue weighted by molar-refractivity contribution is 8.01. The second-order valence-corrected chi connectivity index (χ2v) is 8.60. The standard InChI is InChI=1S/C22H23NO3S/c24-21(20-14-17-6-2-4-8-19(17)27-20)23-11-9-15(10-12-23)13-16-5-1-3-7-18(16)22(25)26/h1-8,15,20H,9-14H2,(H,25,26). The maximum Gasteiger partial charge on any atom is 0.335 e. The number of fused-ring (bicyclic) bond motifs is 1. The summed E-state index contributed by atoms with van der Waals surface area (Å²) in [7, 11) is 0. The molecule has 1 saturated heterocycles. The lowest BCUT2D eigenvalue weighted by Crippen LogP contribution is -2.43. The fourth-order valence-electron chi connectivity index (χ4n) is 4.10. The van der Waals surface area contributed by atoms with Crippen molar-refractivity contribution >= 4 is 23.6 Å². The van der Waals surface area contributed by atoms with E-state index in [4.69, 9.17) is 0 Å². The van der Waals surface area contributed by atoms with Crippen LogP contribution in [0, 0.1) is 5.92 Å². The summed E-state index contributed by atoms with van der Waals surface area (Å²) in [5, 5.41) is 9.36. The number of carboxylic acids is 1. The molecule has 1 unspecified atom stereocenters. The molecule has 2 heterocycles. The maximum absolute atomic E-state index is 12.9. The number of carboxylic acid groups (broad SMARTS) is 1. The number of rotatable bonds is 4. The lowest BCUT2D eigenvalue weighted by molar-refractivity contribution is -0.131. The average Bonchev–Trinajstić information content (AvgIpc) is 3.12. The first-order valence-corrected chi connectivity index (χ1v) is 10.3. The number of amides is 1. The minimum absolute atomic E-state index is 0.00619. The van der Waals surface area contributed by atoms with Gasteiger partial charge in [-0.2, -0.15) is 0 Å². The van der Waals surface area contributed by atoms with E-state index in [1.54, 1.807) is 23.9 Å². The molecule has 0 bridgehead atoms. The van der Waals surface area contributed by atoms with E-state index in [-0.39, 0.29) is 11.2 Å². The van der Waals surface area contributed by atoms with Gasteiger partial charge < -0.3 is 10.0 Å². The van der Waals surface area contributed by atoms with E-state index in [2.05, 4.69) is 12.1 Å². The lowest BCUT2D eigenvalue weighted by Gasteiger charge is -2.33. The minimum atomic E-state index is -0.865. The molecular weight excluding hydrogens is 358 g/mol. The van der Waals surface area contributed by atoms with Gasteiger partial charge in [-0.25, -0.2) is 4.79 Å². The van der Waals surface area contributed by atoms with Crippen molar-refractivity contribution in [2.24, 2.45) is 5.92 Å². The van der Waals surface area contributed by atoms with Crippen LogP contribution in [0.25, 0.3) is 0 Å². The van der Waals surface area contributed by atoms with E-state index in [0.29, 0.717) is 11.5 Å². The van der Waals surface area contributed by atoms with Gasteiger partial charge in [-0.15, -0.1) is 11.8 Å². The molecule has 1 atom stereocenters. The van der Waals surface area contributed by atoms with Crippen LogP contribution in [0.3, 0.4) is 0 Å². The van der Waals surface area contributed by atoms with Crippen molar-refractivity contribution in [2.75, 3.05) is 13.1 Å². The van der Waals surface area contributed by atoms with Crippen LogP contribution < -0.4 is 0 Å². The predicted molar refractivity (Wildman–Crippen MR) is 106 cm³/mol. The van der Waals surface area contributed by atoms with Crippen molar-refractivity contribution in [1.29, 1.82) is 0 Å². The SMILES string of the molecule is O=C(O)c1ccccc1CC1CCN(C(=O)C2Cc3ccccc3S2)CC1. The van der Waals surface area contributed by atoms with Gasteiger partial charge in [-0.1, -0.05) is 36.4 Å². The summed E-state index contributed by atoms with van der Waals surface area (Å²) in [6.07, 6.45) is 3.47. The Kier molecular flexibility index (Phi) is 5.21. The molecule has 0 spiro atoms. The number of hydrogen-bond acceptors (Lipinski definition) is 3. The molecule has 0 saturated carbocycles. The topological polar surface area (TPSA) is 57.6 Å². The Labute approximate surface area is 163 Å². The molecule has 0 radical (unpaired) electrons. The highest BCUT2D eigenvalue weighted by Crippen LogP contribution is 2.38. The van der Waals surface area contributed by atoms with Crippen molar-refractivity contribution in [3.05, 3.63) is 65.2 Å². The Morgan fingerprint density at radius 2 is 1.74 bits per heavy atom. The number of carbonyl (C=O) groups is 2. The smallest absolute Gasteiger partial charge is 0.335 e. The molecule has 2 aliphatic heterocycles. The molecule has 140 valence electrons. The van der Waals surface area contributed by atoms with E-state index >= 15 is 0 Å². The fourth-order valence-corrected chi connectivity index (χ4v) is 5.38. The number of benzene rings is 2. The van der Waals surface area contributed by atoms with Crippen LogP contribution >= 0.6 is 11.8 Å². The number of hydrogen-bond donors (Lipinski definition) is 1. The molecule has 0 aliphatic carbocycles. The van der Waals surface area contributed by atoms with Crippen LogP contribution in [0.2, 0.25) is 0 Å². The van der Waals surface area contributed by atoms with Crippen molar-refractivity contribution in [3.63, 3.8) is 0 Å². The monoisotopic (exact) mass is 381 g/mol. The molecule has 1 N–H and O–H groups in total. The molecule has 5 heteroatoms. The number of nitrogens with zero attached hydrogens (tertiary/aromatic N) is 1. The lowest BCUT2D eigenvalue weighted by atomic mass is 9.88. The summed E-state index contributed by atoms with van der Waals surface area (Å²) in [5.74, 6) is -0.181. The third-order valence-corrected chi connectivity index (χ3v) is 6.91. The van der Waals surface area contributed by atoms with Crippen molar-refractivity contribution in [1.82, 2.24) is 4.90 Å². The van der Waals surface area contributed by atoms with E-state index in [1.807, 2.05) is 29.2 Å². The van der Waals surface area contributed by atoms with Gasteiger partial charge in [0.05, 0.1) is 10.8 Å². The summed E-state index contributed by atoms with van der Waals surface area (Å²) < 4.78 is 0. The zero-order valence-electron chi connectivity index (χ0n) is 15.1. The van der Waals surface area contributed by atoms with Crippen molar-refractivity contribution in [2.45, 2.75) is 35.8 Å². The molecule has 1 amide bonds. The van der Waals surface area contributed by atoms with Gasteiger partial charge in [0.2, 0.25) is 5.91 Å². The van der Waals surface area contributed by atoms with E-state index in [1.165, 1.54) is 10.5 Å². The van der Waals surface area contributed by atoms with Crippen LogP contribution in [-0.2, 0) is 17.6 Å². The predicted octanol–water partition coefficient (Wildman–Crippen LogP) is 3.88. The first-order valence-electron chi connectivity index (χ1n) is 9.46. The highest BCUT2D eigenvalue weighted by Gasteiger charge is 2.33. The summed E-state index contributed by atoms with van der Waals surface area (Å²) in [6.45, 7) is 1.54. The first-order chi connectivity index (χ1) is 13.1. The number of piperidine rings is 1. The summed E-state index contributed by atoms with van der Waals surface area (Å²) in [4.78, 5) is 27.5. The van der Waals surface area contributed by atoms with Crippen LogP contribution in [0.5, 0.6) is 0 Å². The third-order valence-electron chi connectivity index (χ3n) is 5.61. The van der Waals surface area contributed by atoms with Crippen molar-refractivity contribution < 1.29 is 14.7 Å².